The Morgan fingerprint density at radius 1 is 1.05 bits per heavy atom. The standard InChI is InChI=1S/C15H23NO3/c1-3-5-10-16(11-6-4-2)15(19)14-12(17)8-7-9-13(14)18/h7-9,17-18H,3-6,10-11H2,1-2H3. The van der Waals surface area contributed by atoms with Crippen LogP contribution >= 0.6 is 0 Å². The molecule has 0 aromatic heterocycles. The van der Waals surface area contributed by atoms with Gasteiger partial charge in [-0.15, -0.1) is 0 Å². The second-order valence-corrected chi connectivity index (χ2v) is 4.67. The highest BCUT2D eigenvalue weighted by molar-refractivity contribution is 5.99. The van der Waals surface area contributed by atoms with Gasteiger partial charge >= 0.3 is 0 Å². The van der Waals surface area contributed by atoms with Crippen LogP contribution in [0.15, 0.2) is 18.2 Å². The summed E-state index contributed by atoms with van der Waals surface area (Å²) in [7, 11) is 0. The molecule has 0 saturated heterocycles. The predicted octanol–water partition coefficient (Wildman–Crippen LogP) is 3.14. The van der Waals surface area contributed by atoms with Crippen LogP contribution in [0.5, 0.6) is 11.5 Å². The maximum atomic E-state index is 12.4. The van der Waals surface area contributed by atoms with Gasteiger partial charge in [0, 0.05) is 13.1 Å². The molecule has 0 unspecified atom stereocenters. The molecule has 0 spiro atoms. The molecule has 0 aliphatic rings. The molecule has 0 fully saturated rings. The molecule has 0 radical (unpaired) electrons. The second-order valence-electron chi connectivity index (χ2n) is 4.67. The van der Waals surface area contributed by atoms with E-state index in [-0.39, 0.29) is 23.0 Å². The van der Waals surface area contributed by atoms with Gasteiger partial charge < -0.3 is 15.1 Å². The number of carbonyl (C=O) groups is 1. The zero-order valence-corrected chi connectivity index (χ0v) is 11.7. The summed E-state index contributed by atoms with van der Waals surface area (Å²) in [6, 6.07) is 4.36. The van der Waals surface area contributed by atoms with Gasteiger partial charge in [0.05, 0.1) is 0 Å². The van der Waals surface area contributed by atoms with Crippen LogP contribution in [0.4, 0.5) is 0 Å². The molecule has 1 aromatic carbocycles. The third-order valence-corrected chi connectivity index (χ3v) is 3.08. The van der Waals surface area contributed by atoms with Crippen LogP contribution in [0.3, 0.4) is 0 Å². The monoisotopic (exact) mass is 265 g/mol. The smallest absolute Gasteiger partial charge is 0.261 e. The Balaban J connectivity index is 2.91. The minimum absolute atomic E-state index is 0.00899. The molecule has 1 aromatic rings. The quantitative estimate of drug-likeness (QED) is 0.796. The van der Waals surface area contributed by atoms with E-state index in [0.29, 0.717) is 13.1 Å². The highest BCUT2D eigenvalue weighted by atomic mass is 16.3. The first-order chi connectivity index (χ1) is 9.11. The first-order valence-electron chi connectivity index (χ1n) is 6.92. The number of nitrogens with zero attached hydrogens (tertiary/aromatic N) is 1. The molecular weight excluding hydrogens is 242 g/mol. The Morgan fingerprint density at radius 2 is 1.53 bits per heavy atom. The number of aromatic hydroxyl groups is 2. The lowest BCUT2D eigenvalue weighted by Crippen LogP contribution is -2.33. The van der Waals surface area contributed by atoms with Gasteiger partial charge in [0.15, 0.2) is 0 Å². The lowest BCUT2D eigenvalue weighted by Gasteiger charge is -2.23. The first kappa shape index (κ1) is 15.3. The van der Waals surface area contributed by atoms with Crippen molar-refractivity contribution in [2.45, 2.75) is 39.5 Å². The fourth-order valence-electron chi connectivity index (χ4n) is 1.92. The Kier molecular flexibility index (Phi) is 6.19. The number of phenolic OH excluding ortho intramolecular Hbond substituents is 2. The van der Waals surface area contributed by atoms with Crippen molar-refractivity contribution in [1.29, 1.82) is 0 Å². The fraction of sp³-hybridized carbons (Fsp3) is 0.533. The van der Waals surface area contributed by atoms with Gasteiger partial charge in [-0.05, 0) is 25.0 Å². The summed E-state index contributed by atoms with van der Waals surface area (Å²) in [4.78, 5) is 14.1. The summed E-state index contributed by atoms with van der Waals surface area (Å²) in [6.45, 7) is 5.45. The van der Waals surface area contributed by atoms with E-state index in [0.717, 1.165) is 25.7 Å². The van der Waals surface area contributed by atoms with E-state index in [4.69, 9.17) is 0 Å². The van der Waals surface area contributed by atoms with Gasteiger partial charge in [0.2, 0.25) is 0 Å². The number of carbonyl (C=O) groups excluding carboxylic acids is 1. The Morgan fingerprint density at radius 3 is 1.95 bits per heavy atom. The average molecular weight is 265 g/mol. The van der Waals surface area contributed by atoms with Gasteiger partial charge in [-0.3, -0.25) is 4.79 Å². The number of hydrogen-bond donors (Lipinski definition) is 2. The summed E-state index contributed by atoms with van der Waals surface area (Å²) in [5, 5.41) is 19.5. The van der Waals surface area contributed by atoms with Crippen LogP contribution in [-0.2, 0) is 0 Å². The summed E-state index contributed by atoms with van der Waals surface area (Å²) >= 11 is 0. The second kappa shape index (κ2) is 7.67. The summed E-state index contributed by atoms with van der Waals surface area (Å²) < 4.78 is 0. The SMILES string of the molecule is CCCCN(CCCC)C(=O)c1c(O)cccc1O. The van der Waals surface area contributed by atoms with Gasteiger partial charge in [-0.1, -0.05) is 32.8 Å². The number of benzene rings is 1. The van der Waals surface area contributed by atoms with Crippen molar-refractivity contribution in [3.8, 4) is 11.5 Å². The lowest BCUT2D eigenvalue weighted by molar-refractivity contribution is 0.0745. The summed E-state index contributed by atoms with van der Waals surface area (Å²) in [5.41, 5.74) is 0.00899. The van der Waals surface area contributed by atoms with Crippen LogP contribution in [0.25, 0.3) is 0 Å². The molecule has 4 heteroatoms. The van der Waals surface area contributed by atoms with E-state index in [9.17, 15) is 15.0 Å². The zero-order chi connectivity index (χ0) is 14.3. The average Bonchev–Trinajstić information content (AvgIpc) is 2.38. The lowest BCUT2D eigenvalue weighted by atomic mass is 10.1. The van der Waals surface area contributed by atoms with Crippen molar-refractivity contribution < 1.29 is 15.0 Å². The van der Waals surface area contributed by atoms with Crippen LogP contribution in [0.1, 0.15) is 49.9 Å². The number of hydrogen-bond acceptors (Lipinski definition) is 3. The van der Waals surface area contributed by atoms with E-state index < -0.39 is 0 Å². The molecule has 0 atom stereocenters. The summed E-state index contributed by atoms with van der Waals surface area (Å²) in [6.07, 6.45) is 3.85. The fourth-order valence-corrected chi connectivity index (χ4v) is 1.92. The predicted molar refractivity (Wildman–Crippen MR) is 75.5 cm³/mol. The van der Waals surface area contributed by atoms with Crippen LogP contribution < -0.4 is 0 Å². The van der Waals surface area contributed by atoms with Crippen LogP contribution in [0, 0.1) is 0 Å². The summed E-state index contributed by atoms with van der Waals surface area (Å²) in [5.74, 6) is -0.622. The van der Waals surface area contributed by atoms with Gasteiger partial charge in [0.25, 0.3) is 5.91 Å². The van der Waals surface area contributed by atoms with E-state index >= 15 is 0 Å². The number of rotatable bonds is 7. The maximum Gasteiger partial charge on any atom is 0.261 e. The largest absolute Gasteiger partial charge is 0.507 e. The Labute approximate surface area is 114 Å². The van der Waals surface area contributed by atoms with Crippen molar-refractivity contribution in [1.82, 2.24) is 4.90 Å². The molecule has 0 saturated carbocycles. The Bertz CT molecular complexity index is 390. The number of amides is 1. The molecule has 0 heterocycles. The van der Waals surface area contributed by atoms with E-state index in [1.807, 2.05) is 0 Å². The third-order valence-electron chi connectivity index (χ3n) is 3.08. The van der Waals surface area contributed by atoms with Crippen molar-refractivity contribution in [2.24, 2.45) is 0 Å². The van der Waals surface area contributed by atoms with Gasteiger partial charge in [-0.2, -0.15) is 0 Å². The van der Waals surface area contributed by atoms with E-state index in [1.165, 1.54) is 18.2 Å². The number of phenols is 2. The molecule has 4 nitrogen and oxygen atoms in total. The van der Waals surface area contributed by atoms with Crippen molar-refractivity contribution >= 4 is 5.91 Å². The normalized spacial score (nSPS) is 10.4. The van der Waals surface area contributed by atoms with Crippen LogP contribution in [-0.4, -0.2) is 34.1 Å². The molecule has 106 valence electrons. The van der Waals surface area contributed by atoms with Crippen molar-refractivity contribution in [3.63, 3.8) is 0 Å². The zero-order valence-electron chi connectivity index (χ0n) is 11.7. The molecule has 0 aliphatic carbocycles. The van der Waals surface area contributed by atoms with E-state index in [1.54, 1.807) is 4.90 Å². The highest BCUT2D eigenvalue weighted by Crippen LogP contribution is 2.27. The molecule has 0 aliphatic heterocycles. The molecule has 0 bridgehead atoms. The van der Waals surface area contributed by atoms with E-state index in [2.05, 4.69) is 13.8 Å². The maximum absolute atomic E-state index is 12.4. The Hall–Kier alpha value is -1.71. The molecular formula is C15H23NO3. The minimum Gasteiger partial charge on any atom is -0.507 e. The highest BCUT2D eigenvalue weighted by Gasteiger charge is 2.21. The van der Waals surface area contributed by atoms with Gasteiger partial charge in [-0.25, -0.2) is 0 Å². The molecule has 1 rings (SSSR count). The van der Waals surface area contributed by atoms with Crippen molar-refractivity contribution in [2.75, 3.05) is 13.1 Å². The first-order valence-corrected chi connectivity index (χ1v) is 6.92. The third kappa shape index (κ3) is 4.16. The van der Waals surface area contributed by atoms with Gasteiger partial charge in [0.1, 0.15) is 17.1 Å². The van der Waals surface area contributed by atoms with Crippen LogP contribution in [0.2, 0.25) is 0 Å². The number of unbranched alkanes of at least 4 members (excludes halogenated alkanes) is 2. The molecule has 1 amide bonds. The molecule has 2 N–H and O–H groups in total. The molecule has 19 heavy (non-hydrogen) atoms. The van der Waals surface area contributed by atoms with Crippen molar-refractivity contribution in [3.05, 3.63) is 23.8 Å². The topological polar surface area (TPSA) is 60.8 Å². The minimum atomic E-state index is -0.294.